The van der Waals surface area contributed by atoms with E-state index in [1.54, 1.807) is 0 Å². The van der Waals surface area contributed by atoms with Crippen LogP contribution in [0.2, 0.25) is 0 Å². The van der Waals surface area contributed by atoms with E-state index in [0.29, 0.717) is 25.3 Å². The van der Waals surface area contributed by atoms with Crippen molar-refractivity contribution in [3.05, 3.63) is 35.9 Å². The number of rotatable bonds is 4. The number of ether oxygens (including phenoxy) is 1. The minimum atomic E-state index is -0.465. The first-order valence-electron chi connectivity index (χ1n) is 6.15. The third-order valence-electron chi connectivity index (χ3n) is 3.00. The third-order valence-corrected chi connectivity index (χ3v) is 3.00. The van der Waals surface area contributed by atoms with Crippen molar-refractivity contribution >= 4 is 11.8 Å². The van der Waals surface area contributed by atoms with Gasteiger partial charge in [0.15, 0.2) is 0 Å². The summed E-state index contributed by atoms with van der Waals surface area (Å²) in [5.74, 6) is 0.0225. The molecule has 1 aromatic rings. The number of alkyl carbamates (subject to hydrolysis) is 1. The second-order valence-corrected chi connectivity index (χ2v) is 4.36. The smallest absolute Gasteiger partial charge is 0.407 e. The molecule has 6 heteroatoms. The van der Waals surface area contributed by atoms with Gasteiger partial charge in [-0.3, -0.25) is 0 Å². The van der Waals surface area contributed by atoms with Crippen molar-refractivity contribution in [3.63, 3.8) is 0 Å². The van der Waals surface area contributed by atoms with Gasteiger partial charge < -0.3 is 20.6 Å². The number of nitrogens with one attached hydrogen (secondary N) is 2. The molecule has 1 atom stereocenters. The van der Waals surface area contributed by atoms with E-state index in [4.69, 9.17) is 9.94 Å². The highest BCUT2D eigenvalue weighted by Crippen LogP contribution is 2.04. The molecule has 2 rings (SSSR count). The van der Waals surface area contributed by atoms with Crippen LogP contribution in [-0.4, -0.2) is 36.6 Å². The number of hydrogen-bond donors (Lipinski definition) is 3. The van der Waals surface area contributed by atoms with Gasteiger partial charge >= 0.3 is 6.09 Å². The van der Waals surface area contributed by atoms with Crippen molar-refractivity contribution in [2.75, 3.05) is 19.6 Å². The maximum absolute atomic E-state index is 11.5. The predicted octanol–water partition coefficient (Wildman–Crippen LogP) is 0.962. The molecule has 3 N–H and O–H groups in total. The summed E-state index contributed by atoms with van der Waals surface area (Å²) in [6.07, 6.45) is -0.465. The van der Waals surface area contributed by atoms with E-state index in [2.05, 4.69) is 15.8 Å². The molecule has 1 aliphatic rings. The van der Waals surface area contributed by atoms with Crippen LogP contribution >= 0.6 is 0 Å². The molecule has 1 saturated heterocycles. The molecule has 0 aromatic heterocycles. The minimum Gasteiger partial charge on any atom is -0.445 e. The highest BCUT2D eigenvalue weighted by Gasteiger charge is 2.23. The van der Waals surface area contributed by atoms with Crippen LogP contribution < -0.4 is 10.6 Å². The fraction of sp³-hybridized carbons (Fsp3) is 0.385. The Labute approximate surface area is 111 Å². The largest absolute Gasteiger partial charge is 0.445 e. The van der Waals surface area contributed by atoms with Gasteiger partial charge in [0, 0.05) is 25.6 Å². The van der Waals surface area contributed by atoms with Gasteiger partial charge in [-0.1, -0.05) is 35.5 Å². The van der Waals surface area contributed by atoms with Crippen LogP contribution in [-0.2, 0) is 11.3 Å². The average molecular weight is 263 g/mol. The summed E-state index contributed by atoms with van der Waals surface area (Å²) in [7, 11) is 0. The van der Waals surface area contributed by atoms with Crippen LogP contribution in [0.15, 0.2) is 35.5 Å². The van der Waals surface area contributed by atoms with Crippen molar-refractivity contribution in [2.24, 2.45) is 11.1 Å². The van der Waals surface area contributed by atoms with Crippen molar-refractivity contribution in [2.45, 2.75) is 6.61 Å². The zero-order valence-electron chi connectivity index (χ0n) is 10.5. The second-order valence-electron chi connectivity index (χ2n) is 4.36. The van der Waals surface area contributed by atoms with E-state index in [9.17, 15) is 4.79 Å². The molecule has 102 valence electrons. The summed E-state index contributed by atoms with van der Waals surface area (Å²) >= 11 is 0. The van der Waals surface area contributed by atoms with Crippen LogP contribution in [0.4, 0.5) is 4.79 Å². The Morgan fingerprint density at radius 3 is 3.00 bits per heavy atom. The van der Waals surface area contributed by atoms with Crippen LogP contribution in [0.5, 0.6) is 0 Å². The quantitative estimate of drug-likeness (QED) is 0.558. The lowest BCUT2D eigenvalue weighted by Gasteiger charge is -2.11. The fourth-order valence-corrected chi connectivity index (χ4v) is 1.92. The lowest BCUT2D eigenvalue weighted by atomic mass is 10.1. The maximum Gasteiger partial charge on any atom is 0.407 e. The molecule has 0 bridgehead atoms. The van der Waals surface area contributed by atoms with Gasteiger partial charge in [-0.25, -0.2) is 4.79 Å². The highest BCUT2D eigenvalue weighted by molar-refractivity contribution is 5.90. The predicted molar refractivity (Wildman–Crippen MR) is 70.2 cm³/mol. The Hall–Kier alpha value is -2.08. The van der Waals surface area contributed by atoms with Gasteiger partial charge in [-0.15, -0.1) is 0 Å². The van der Waals surface area contributed by atoms with Crippen molar-refractivity contribution in [3.8, 4) is 0 Å². The molecule has 1 fully saturated rings. The average Bonchev–Trinajstić information content (AvgIpc) is 2.91. The number of nitrogens with zero attached hydrogens (tertiary/aromatic N) is 1. The summed E-state index contributed by atoms with van der Waals surface area (Å²) in [6.45, 7) is 1.90. The summed E-state index contributed by atoms with van der Waals surface area (Å²) in [5.41, 5.74) is 1.60. The maximum atomic E-state index is 11.5. The Kier molecular flexibility index (Phi) is 4.74. The van der Waals surface area contributed by atoms with Gasteiger partial charge in [0.05, 0.1) is 5.71 Å². The molecule has 1 heterocycles. The monoisotopic (exact) mass is 263 g/mol. The zero-order valence-corrected chi connectivity index (χ0v) is 10.5. The highest BCUT2D eigenvalue weighted by atomic mass is 16.5. The van der Waals surface area contributed by atoms with Crippen LogP contribution in [0, 0.1) is 5.92 Å². The summed E-state index contributed by atoms with van der Waals surface area (Å²) < 4.78 is 5.08. The first-order valence-corrected chi connectivity index (χ1v) is 6.15. The second kappa shape index (κ2) is 6.75. The van der Waals surface area contributed by atoms with Gasteiger partial charge in [0.2, 0.25) is 0 Å². The molecule has 6 nitrogen and oxygen atoms in total. The number of carbonyl (C=O) groups is 1. The fourth-order valence-electron chi connectivity index (χ4n) is 1.92. The van der Waals surface area contributed by atoms with E-state index < -0.39 is 6.09 Å². The van der Waals surface area contributed by atoms with E-state index in [1.807, 2.05) is 30.3 Å². The topological polar surface area (TPSA) is 83.0 Å². The Morgan fingerprint density at radius 2 is 2.26 bits per heavy atom. The molecular formula is C13H17N3O3. The van der Waals surface area contributed by atoms with Gasteiger partial charge in [-0.2, -0.15) is 0 Å². The molecule has 1 amide bonds. The van der Waals surface area contributed by atoms with Gasteiger partial charge in [-0.05, 0) is 5.56 Å². The molecule has 19 heavy (non-hydrogen) atoms. The number of amides is 1. The Balaban J connectivity index is 1.70. The zero-order chi connectivity index (χ0) is 13.5. The minimum absolute atomic E-state index is 0.0225. The molecule has 1 aromatic carbocycles. The molecule has 0 radical (unpaired) electrons. The number of oxime groups is 1. The van der Waals surface area contributed by atoms with Gasteiger partial charge in [0.25, 0.3) is 0 Å². The van der Waals surface area contributed by atoms with Crippen molar-refractivity contribution in [1.82, 2.24) is 10.6 Å². The Bertz CT molecular complexity index is 448. The van der Waals surface area contributed by atoms with E-state index >= 15 is 0 Å². The van der Waals surface area contributed by atoms with E-state index in [-0.39, 0.29) is 12.5 Å². The van der Waals surface area contributed by atoms with Crippen LogP contribution in [0.1, 0.15) is 5.56 Å². The number of hydrogen-bond acceptors (Lipinski definition) is 5. The molecule has 0 spiro atoms. The van der Waals surface area contributed by atoms with Crippen molar-refractivity contribution < 1.29 is 14.7 Å². The van der Waals surface area contributed by atoms with E-state index in [1.165, 1.54) is 0 Å². The first-order chi connectivity index (χ1) is 9.29. The van der Waals surface area contributed by atoms with E-state index in [0.717, 1.165) is 5.56 Å². The number of carbonyl (C=O) groups excluding carboxylic acids is 1. The first kappa shape index (κ1) is 13.4. The lowest BCUT2D eigenvalue weighted by Crippen LogP contribution is -2.33. The standard InChI is InChI=1S/C13H17N3O3/c17-13(19-9-10-4-2-1-3-5-10)15-7-11-6-14-8-12(11)16-18/h1-5,11,14,18H,6-9H2,(H,15,17)/b16-12+/t11-/m0/s1. The molecule has 0 aliphatic carbocycles. The van der Waals surface area contributed by atoms with Crippen LogP contribution in [0.25, 0.3) is 0 Å². The SMILES string of the molecule is O=C(NC[C@@H]1CNC/C1=N\O)OCc1ccccc1. The van der Waals surface area contributed by atoms with Crippen LogP contribution in [0.3, 0.4) is 0 Å². The third kappa shape index (κ3) is 3.96. The summed E-state index contributed by atoms with van der Waals surface area (Å²) in [4.78, 5) is 11.5. The van der Waals surface area contributed by atoms with Gasteiger partial charge in [0.1, 0.15) is 6.61 Å². The summed E-state index contributed by atoms with van der Waals surface area (Å²) in [6, 6.07) is 9.48. The number of benzene rings is 1. The normalized spacial score (nSPS) is 20.4. The Morgan fingerprint density at radius 1 is 1.47 bits per heavy atom. The summed E-state index contributed by atoms with van der Waals surface area (Å²) in [5, 5.41) is 17.7. The molecule has 0 saturated carbocycles. The molecule has 0 unspecified atom stereocenters. The lowest BCUT2D eigenvalue weighted by molar-refractivity contribution is 0.139. The molecule has 1 aliphatic heterocycles. The molecular weight excluding hydrogens is 246 g/mol. The van der Waals surface area contributed by atoms with Crippen molar-refractivity contribution in [1.29, 1.82) is 0 Å².